The third-order valence-electron chi connectivity index (χ3n) is 3.71. The van der Waals surface area contributed by atoms with Gasteiger partial charge in [-0.2, -0.15) is 0 Å². The quantitative estimate of drug-likeness (QED) is 0.686. The van der Waals surface area contributed by atoms with E-state index in [1.54, 1.807) is 0 Å². The second-order valence-corrected chi connectivity index (χ2v) is 5.51. The standard InChI is InChI=1S/C14H19BrO3/c1-10-11(2)14(16,18-13(10)8-15)17-9-12-6-4-3-5-7-12/h3-7,10-11,13,16H,8-9H2,1-2H3/t10?,11?,13-,14-/m0/s1. The van der Waals surface area contributed by atoms with Crippen LogP contribution in [0.3, 0.4) is 0 Å². The summed E-state index contributed by atoms with van der Waals surface area (Å²) in [5.41, 5.74) is 1.02. The second-order valence-electron chi connectivity index (χ2n) is 4.86. The Bertz CT molecular complexity index is 384. The van der Waals surface area contributed by atoms with Crippen LogP contribution in [0.25, 0.3) is 0 Å². The van der Waals surface area contributed by atoms with Gasteiger partial charge in [-0.25, -0.2) is 0 Å². The number of alkyl halides is 1. The van der Waals surface area contributed by atoms with E-state index < -0.39 is 5.97 Å². The Morgan fingerprint density at radius 1 is 1.33 bits per heavy atom. The number of halogens is 1. The largest absolute Gasteiger partial charge is 0.343 e. The molecule has 0 saturated carbocycles. The van der Waals surface area contributed by atoms with Gasteiger partial charge in [0, 0.05) is 11.2 Å². The molecule has 1 N–H and O–H groups in total. The summed E-state index contributed by atoms with van der Waals surface area (Å²) < 4.78 is 11.2. The van der Waals surface area contributed by atoms with Gasteiger partial charge in [-0.3, -0.25) is 0 Å². The van der Waals surface area contributed by atoms with Crippen molar-refractivity contribution in [3.63, 3.8) is 0 Å². The van der Waals surface area contributed by atoms with Crippen LogP contribution in [-0.4, -0.2) is 22.5 Å². The molecule has 2 unspecified atom stereocenters. The van der Waals surface area contributed by atoms with E-state index in [0.29, 0.717) is 11.9 Å². The minimum Gasteiger partial charge on any atom is -0.343 e. The first-order valence-electron chi connectivity index (χ1n) is 6.21. The molecule has 4 heteroatoms. The average molecular weight is 315 g/mol. The van der Waals surface area contributed by atoms with Crippen LogP contribution in [-0.2, 0) is 16.1 Å². The molecule has 1 aliphatic heterocycles. The molecule has 0 spiro atoms. The molecule has 0 aliphatic carbocycles. The van der Waals surface area contributed by atoms with Gasteiger partial charge in [-0.1, -0.05) is 60.1 Å². The van der Waals surface area contributed by atoms with Crippen LogP contribution < -0.4 is 0 Å². The number of benzene rings is 1. The zero-order chi connectivity index (χ0) is 13.2. The van der Waals surface area contributed by atoms with E-state index in [9.17, 15) is 5.11 Å². The Morgan fingerprint density at radius 3 is 2.56 bits per heavy atom. The molecule has 1 aromatic rings. The summed E-state index contributed by atoms with van der Waals surface area (Å²) in [6.07, 6.45) is -0.0132. The van der Waals surface area contributed by atoms with E-state index in [2.05, 4.69) is 22.9 Å². The topological polar surface area (TPSA) is 38.7 Å². The number of hydrogen-bond acceptors (Lipinski definition) is 3. The number of ether oxygens (including phenoxy) is 2. The van der Waals surface area contributed by atoms with Gasteiger partial charge >= 0.3 is 0 Å². The molecule has 1 saturated heterocycles. The Balaban J connectivity index is 2.00. The highest BCUT2D eigenvalue weighted by Crippen LogP contribution is 2.40. The maximum atomic E-state index is 10.4. The molecule has 1 heterocycles. The maximum Gasteiger partial charge on any atom is 0.284 e. The van der Waals surface area contributed by atoms with E-state index in [-0.39, 0.29) is 17.9 Å². The lowest BCUT2D eigenvalue weighted by Gasteiger charge is -2.27. The molecule has 1 aromatic carbocycles. The monoisotopic (exact) mass is 314 g/mol. The first-order chi connectivity index (χ1) is 8.57. The molecule has 0 amide bonds. The Morgan fingerprint density at radius 2 is 2.00 bits per heavy atom. The van der Waals surface area contributed by atoms with Crippen molar-refractivity contribution in [3.8, 4) is 0 Å². The van der Waals surface area contributed by atoms with Gasteiger partial charge in [0.1, 0.15) is 0 Å². The summed E-state index contributed by atoms with van der Waals surface area (Å²) in [7, 11) is 0. The zero-order valence-electron chi connectivity index (χ0n) is 10.7. The number of aliphatic hydroxyl groups is 1. The Hall–Kier alpha value is -0.420. The van der Waals surface area contributed by atoms with E-state index >= 15 is 0 Å². The average Bonchev–Trinajstić information content (AvgIpc) is 2.63. The van der Waals surface area contributed by atoms with Gasteiger partial charge in [0.2, 0.25) is 0 Å². The fraction of sp³-hybridized carbons (Fsp3) is 0.571. The molecule has 3 nitrogen and oxygen atoms in total. The zero-order valence-corrected chi connectivity index (χ0v) is 12.3. The van der Waals surface area contributed by atoms with Crippen molar-refractivity contribution in [3.05, 3.63) is 35.9 Å². The number of rotatable bonds is 4. The summed E-state index contributed by atoms with van der Waals surface area (Å²) in [6.45, 7) is 4.38. The molecule has 4 atom stereocenters. The predicted molar refractivity (Wildman–Crippen MR) is 73.2 cm³/mol. The van der Waals surface area contributed by atoms with Gasteiger partial charge in [0.05, 0.1) is 12.7 Å². The van der Waals surface area contributed by atoms with Crippen molar-refractivity contribution in [2.75, 3.05) is 5.33 Å². The predicted octanol–water partition coefficient (Wildman–Crippen LogP) is 2.92. The first kappa shape index (κ1) is 14.0. The molecule has 100 valence electrons. The molecule has 1 fully saturated rings. The van der Waals surface area contributed by atoms with Crippen LogP contribution in [0.4, 0.5) is 0 Å². The van der Waals surface area contributed by atoms with E-state index in [1.165, 1.54) is 0 Å². The van der Waals surface area contributed by atoms with Crippen molar-refractivity contribution in [1.29, 1.82) is 0 Å². The normalized spacial score (nSPS) is 35.9. The van der Waals surface area contributed by atoms with Crippen molar-refractivity contribution in [2.24, 2.45) is 11.8 Å². The van der Waals surface area contributed by atoms with Gasteiger partial charge in [0.25, 0.3) is 5.97 Å². The molecular formula is C14H19BrO3. The van der Waals surface area contributed by atoms with Gasteiger partial charge in [-0.05, 0) is 11.5 Å². The van der Waals surface area contributed by atoms with Crippen LogP contribution in [0.5, 0.6) is 0 Å². The van der Waals surface area contributed by atoms with Crippen molar-refractivity contribution < 1.29 is 14.6 Å². The van der Waals surface area contributed by atoms with Gasteiger partial charge in [0.15, 0.2) is 0 Å². The molecular weight excluding hydrogens is 296 g/mol. The number of hydrogen-bond donors (Lipinski definition) is 1. The lowest BCUT2D eigenvalue weighted by Crippen LogP contribution is -2.38. The molecule has 0 bridgehead atoms. The van der Waals surface area contributed by atoms with Crippen LogP contribution in [0, 0.1) is 11.8 Å². The smallest absolute Gasteiger partial charge is 0.284 e. The lowest BCUT2D eigenvalue weighted by atomic mass is 9.93. The second kappa shape index (κ2) is 5.70. The highest BCUT2D eigenvalue weighted by molar-refractivity contribution is 9.09. The summed E-state index contributed by atoms with van der Waals surface area (Å²) >= 11 is 3.40. The van der Waals surface area contributed by atoms with Crippen LogP contribution >= 0.6 is 15.9 Å². The molecule has 2 rings (SSSR count). The summed E-state index contributed by atoms with van der Waals surface area (Å²) in [5.74, 6) is -1.28. The summed E-state index contributed by atoms with van der Waals surface area (Å²) in [6, 6.07) is 9.79. The van der Waals surface area contributed by atoms with E-state index in [1.807, 2.05) is 37.3 Å². The highest BCUT2D eigenvalue weighted by Gasteiger charge is 2.50. The Kier molecular flexibility index (Phi) is 4.43. The SMILES string of the molecule is CC1C(C)[C@](O)(OCc2ccccc2)O[C@H]1CBr. The van der Waals surface area contributed by atoms with Gasteiger partial charge in [-0.15, -0.1) is 0 Å². The fourth-order valence-electron chi connectivity index (χ4n) is 2.18. The maximum absolute atomic E-state index is 10.4. The third kappa shape index (κ3) is 2.77. The lowest BCUT2D eigenvalue weighted by molar-refractivity contribution is -0.368. The fourth-order valence-corrected chi connectivity index (χ4v) is 2.91. The van der Waals surface area contributed by atoms with Crippen LogP contribution in [0.1, 0.15) is 19.4 Å². The van der Waals surface area contributed by atoms with E-state index in [0.717, 1.165) is 5.56 Å². The third-order valence-corrected chi connectivity index (χ3v) is 4.35. The minimum absolute atomic E-state index is 0.0132. The van der Waals surface area contributed by atoms with Crippen LogP contribution in [0.15, 0.2) is 30.3 Å². The molecule has 0 aromatic heterocycles. The van der Waals surface area contributed by atoms with Crippen molar-refractivity contribution in [2.45, 2.75) is 32.5 Å². The van der Waals surface area contributed by atoms with Gasteiger partial charge < -0.3 is 14.6 Å². The Labute approximate surface area is 116 Å². The van der Waals surface area contributed by atoms with Crippen molar-refractivity contribution >= 4 is 15.9 Å². The molecule has 0 radical (unpaired) electrons. The first-order valence-corrected chi connectivity index (χ1v) is 7.33. The van der Waals surface area contributed by atoms with Crippen molar-refractivity contribution in [1.82, 2.24) is 0 Å². The molecule has 1 aliphatic rings. The van der Waals surface area contributed by atoms with E-state index in [4.69, 9.17) is 9.47 Å². The summed E-state index contributed by atoms with van der Waals surface area (Å²) in [4.78, 5) is 0. The highest BCUT2D eigenvalue weighted by atomic mass is 79.9. The summed E-state index contributed by atoms with van der Waals surface area (Å²) in [5, 5.41) is 11.1. The minimum atomic E-state index is -1.48. The molecule has 18 heavy (non-hydrogen) atoms. The van der Waals surface area contributed by atoms with Crippen LogP contribution in [0.2, 0.25) is 0 Å².